The predicted molar refractivity (Wildman–Crippen MR) is 418 cm³/mol. The Morgan fingerprint density at radius 3 is 1.37 bits per heavy atom. The molecule has 122 heavy (non-hydrogen) atoms. The highest BCUT2D eigenvalue weighted by Gasteiger charge is 2.69. The van der Waals surface area contributed by atoms with Crippen LogP contribution in [0.1, 0.15) is 219 Å². The lowest BCUT2D eigenvalue weighted by molar-refractivity contribution is -0.158. The number of carbonyl (C=O) groups excluding carboxylic acids is 8. The molecule has 12 aliphatic rings. The van der Waals surface area contributed by atoms with Crippen molar-refractivity contribution in [1.29, 1.82) is 10.5 Å². The number of nitriles is 2. The summed E-state index contributed by atoms with van der Waals surface area (Å²) in [6.45, 7) is 12.5. The number of ketones is 2. The Bertz CT molecular complexity index is 5320. The summed E-state index contributed by atoms with van der Waals surface area (Å²) < 4.78 is 201. The molecular weight excluding hydrogens is 1650 g/mol. The van der Waals surface area contributed by atoms with Crippen LogP contribution in [0.25, 0.3) is 22.1 Å². The van der Waals surface area contributed by atoms with Crippen LogP contribution in [0.2, 0.25) is 0 Å². The summed E-state index contributed by atoms with van der Waals surface area (Å²) in [5.41, 5.74) is -6.94. The summed E-state index contributed by atoms with van der Waals surface area (Å²) in [5, 5.41) is 19.1. The van der Waals surface area contributed by atoms with Gasteiger partial charge in [0.25, 0.3) is 5.92 Å². The first-order valence-corrected chi connectivity index (χ1v) is 45.0. The van der Waals surface area contributed by atoms with E-state index in [4.69, 9.17) is 18.9 Å². The van der Waals surface area contributed by atoms with Crippen molar-refractivity contribution in [3.05, 3.63) is 71.1 Å². The van der Waals surface area contributed by atoms with E-state index in [9.17, 15) is 83.3 Å². The molecule has 2 N–H and O–H groups in total. The number of nitrogens with one attached hydrogen (secondary N) is 2. The number of benzene rings is 2. The summed E-state index contributed by atoms with van der Waals surface area (Å²) in [7, 11) is -8.54. The Morgan fingerprint density at radius 1 is 0.549 bits per heavy atom. The van der Waals surface area contributed by atoms with E-state index in [0.717, 1.165) is 22.6 Å². The lowest BCUT2D eigenvalue weighted by Gasteiger charge is -2.35. The molecule has 0 spiro atoms. The zero-order chi connectivity index (χ0) is 88.1. The molecule has 4 aliphatic heterocycles. The SMILES string of the molecule is CC(C)(C)[C@@H]1CC(=O)O[C@@H]2C[C@@H]3C[C@@H]3[C@H]2CC/C=C/C(F)(F)c2nc3ccc(C#N)cc3nc2O[C@@H]2C[C@@H](C(=O)C[C@]3(C(=O)NS(=O)(=O)C4(C)CC4)C[C@H]3C(F)F)N(C2)C1=O.CC(C)(C)[C@@H]1CC(=O)O[C@@H]2C[C@@H]3C[C@@H]3[C@H]2CCCCC(F)(F)c2nc3ccc(C#N)cc3nc2O[C@@H]2C[C@@H](C(=O)C[C@]3(C(=O)NS(=O)(=O)C4(C)CC4)C[C@H]3C(F)F)N(C2)C1=O. The summed E-state index contributed by atoms with van der Waals surface area (Å²) in [6, 6.07) is 9.37. The van der Waals surface area contributed by atoms with Crippen molar-refractivity contribution in [3.63, 3.8) is 0 Å². The van der Waals surface area contributed by atoms with Gasteiger partial charge in [-0.05, 0) is 193 Å². The van der Waals surface area contributed by atoms with Crippen molar-refractivity contribution >= 4 is 89.2 Å². The molecular formula is C86H100F8N10O16S2. The van der Waals surface area contributed by atoms with Crippen LogP contribution >= 0.6 is 0 Å². The second-order valence-electron chi connectivity index (χ2n) is 39.0. The molecule has 0 radical (unpaired) electrons. The van der Waals surface area contributed by atoms with Crippen LogP contribution in [0.4, 0.5) is 35.1 Å². The number of ether oxygens (including phenoxy) is 4. The number of amides is 4. The van der Waals surface area contributed by atoms with E-state index in [1.54, 1.807) is 41.5 Å². The van der Waals surface area contributed by atoms with Crippen LogP contribution in [-0.2, 0) is 79.7 Å². The lowest BCUT2D eigenvalue weighted by atomic mass is 9.77. The molecule has 26 nitrogen and oxygen atoms in total. The van der Waals surface area contributed by atoms with E-state index >= 15 is 17.6 Å². The van der Waals surface area contributed by atoms with Crippen LogP contribution in [0.5, 0.6) is 11.8 Å². The molecule has 6 heterocycles. The Morgan fingerprint density at radius 2 is 0.967 bits per heavy atom. The maximum Gasteiger partial charge on any atom is 0.313 e. The molecule has 4 amide bonds. The highest BCUT2D eigenvalue weighted by molar-refractivity contribution is 7.92. The van der Waals surface area contributed by atoms with Crippen LogP contribution in [0, 0.1) is 104 Å². The molecule has 2 aromatic heterocycles. The van der Waals surface area contributed by atoms with E-state index in [1.807, 2.05) is 21.6 Å². The van der Waals surface area contributed by atoms with Gasteiger partial charge in [-0.1, -0.05) is 54.0 Å². The smallest absolute Gasteiger partial charge is 0.313 e. The van der Waals surface area contributed by atoms with E-state index in [1.165, 1.54) is 56.3 Å². The third-order valence-electron chi connectivity index (χ3n) is 28.3. The van der Waals surface area contributed by atoms with Gasteiger partial charge in [-0.25, -0.2) is 54.3 Å². The highest BCUT2D eigenvalue weighted by atomic mass is 32.2. The Kier molecular flexibility index (Phi) is 22.7. The zero-order valence-corrected chi connectivity index (χ0v) is 70.6. The minimum atomic E-state index is -4.27. The third kappa shape index (κ3) is 17.2. The molecule has 658 valence electrons. The Labute approximate surface area is 701 Å². The van der Waals surface area contributed by atoms with E-state index in [-0.39, 0.29) is 122 Å². The van der Waals surface area contributed by atoms with Gasteiger partial charge < -0.3 is 28.7 Å². The lowest BCUT2D eigenvalue weighted by Crippen LogP contribution is -2.49. The normalized spacial score (nSPS) is 33.3. The van der Waals surface area contributed by atoms with Gasteiger partial charge in [-0.15, -0.1) is 0 Å². The molecule has 8 aliphatic carbocycles. The van der Waals surface area contributed by atoms with Gasteiger partial charge >= 0.3 is 17.9 Å². The number of halogens is 8. The number of fused-ring (bicyclic) bond motifs is 14. The zero-order valence-electron chi connectivity index (χ0n) is 68.9. The standard InChI is InChI=1S/C43H51F4N5O8S.C43H49F4N5O8S/c2*1-40(2,3)27-17-34(54)60-33-15-23-14-26(23)25(33)7-5-6-10-43(46,47)35-37(50-30-13-22(20-48)8-9-29(30)49-35)59-24-16-31(52(21-24)38(27)55)32(53)19-42(18-28(42)36(44)45)39(56)51-61(57,58)41(4)11-12-41/h8-9,13,23-28,31,33,36H,5-7,10-12,14-19,21H2,1-4H3,(H,51,56);6,8-10,13,23-28,31,33,36H,5,7,11-12,14-19,21H2,1-4H3,(H,51,56)/b;10-6+/t2*23-,24+,25+,26-,27+,28-,31-,33+,42+/m00/s1. The fourth-order valence-electron chi connectivity index (χ4n) is 19.7. The molecule has 4 aromatic rings. The number of hydrogen-bond donors (Lipinski definition) is 2. The first kappa shape index (κ1) is 87.8. The maximum absolute atomic E-state index is 16.4. The number of hydrogen-bond acceptors (Lipinski definition) is 22. The average molecular weight is 1750 g/mol. The number of allylic oxidation sites excluding steroid dienone is 2. The molecule has 10 fully saturated rings. The molecule has 18 atom stereocenters. The Hall–Kier alpha value is -9.06. The summed E-state index contributed by atoms with van der Waals surface area (Å²) in [5.74, 6) is -19.4. The van der Waals surface area contributed by atoms with E-state index in [2.05, 4.69) is 19.9 Å². The van der Waals surface area contributed by atoms with E-state index < -0.39 is 245 Å². The number of carbonyl (C=O) groups is 8. The van der Waals surface area contributed by atoms with Gasteiger partial charge in [0.05, 0.1) is 116 Å². The summed E-state index contributed by atoms with van der Waals surface area (Å²) >= 11 is 0. The van der Waals surface area contributed by atoms with Crippen LogP contribution in [0.3, 0.4) is 0 Å². The highest BCUT2D eigenvalue weighted by Crippen LogP contribution is 2.63. The largest absolute Gasteiger partial charge is 0.471 e. The van der Waals surface area contributed by atoms with Crippen molar-refractivity contribution in [3.8, 4) is 23.9 Å². The van der Waals surface area contributed by atoms with Gasteiger partial charge in [-0.2, -0.15) is 28.1 Å². The maximum atomic E-state index is 16.4. The monoisotopic (exact) mass is 1740 g/mol. The van der Waals surface area contributed by atoms with Gasteiger partial charge in [0.1, 0.15) is 24.4 Å². The second kappa shape index (κ2) is 31.6. The first-order valence-electron chi connectivity index (χ1n) is 42.1. The average Bonchev–Trinajstić information content (AvgIpc) is 1.55. The fraction of sp³-hybridized carbons (Fsp3) is 0.674. The van der Waals surface area contributed by atoms with Gasteiger partial charge in [0.15, 0.2) is 23.0 Å². The number of aromatic nitrogens is 4. The number of rotatable bonds is 14. The summed E-state index contributed by atoms with van der Waals surface area (Å²) in [6.07, 6.45) is -5.99. The van der Waals surface area contributed by atoms with Crippen molar-refractivity contribution in [2.24, 2.45) is 80.8 Å². The number of sulfonamides is 2. The Balaban J connectivity index is 0.000000190. The molecule has 0 unspecified atom stereocenters. The number of nitrogens with zero attached hydrogens (tertiary/aromatic N) is 8. The minimum absolute atomic E-state index is 0.0218. The number of esters is 2. The van der Waals surface area contributed by atoms with Crippen molar-refractivity contribution in [1.82, 2.24) is 39.2 Å². The fourth-order valence-corrected chi connectivity index (χ4v) is 22.4. The second-order valence-corrected chi connectivity index (χ2v) is 43.4. The molecule has 2 aromatic carbocycles. The topological polar surface area (TPSA) is 371 Å². The summed E-state index contributed by atoms with van der Waals surface area (Å²) in [4.78, 5) is 133. The third-order valence-corrected chi connectivity index (χ3v) is 32.7. The molecule has 16 rings (SSSR count). The molecule has 8 saturated carbocycles. The van der Waals surface area contributed by atoms with E-state index in [0.29, 0.717) is 55.9 Å². The quantitative estimate of drug-likeness (QED) is 0.0672. The molecule has 36 heteroatoms. The van der Waals surface area contributed by atoms with Crippen LogP contribution < -0.4 is 18.9 Å². The first-order chi connectivity index (χ1) is 57.1. The molecule has 2 saturated heterocycles. The van der Waals surface area contributed by atoms with Crippen molar-refractivity contribution in [2.45, 2.75) is 267 Å². The predicted octanol–water partition coefficient (Wildman–Crippen LogP) is 12.5. The minimum Gasteiger partial charge on any atom is -0.471 e. The molecule has 4 bridgehead atoms. The van der Waals surface area contributed by atoms with Crippen LogP contribution in [-0.4, -0.2) is 166 Å². The van der Waals surface area contributed by atoms with Crippen molar-refractivity contribution in [2.75, 3.05) is 13.1 Å². The van der Waals surface area contributed by atoms with Gasteiger partial charge in [0, 0.05) is 43.9 Å². The van der Waals surface area contributed by atoms with Gasteiger partial charge in [-0.3, -0.25) is 47.8 Å². The van der Waals surface area contributed by atoms with Crippen LogP contribution in [0.15, 0.2) is 48.6 Å². The number of Topliss-reactive ketones (excluding diaryl/α,β-unsaturated/α-hetero) is 2. The van der Waals surface area contributed by atoms with Crippen molar-refractivity contribution < 1.29 is 109 Å². The van der Waals surface area contributed by atoms with Gasteiger partial charge in [0.2, 0.25) is 68.3 Å². The number of alkyl halides is 8.